The average molecular weight is 398 g/mol. The second kappa shape index (κ2) is 8.89. The fraction of sp³-hybridized carbons (Fsp3) is 0.429. The molecule has 1 aromatic carbocycles. The van der Waals surface area contributed by atoms with Gasteiger partial charge in [0.15, 0.2) is 0 Å². The van der Waals surface area contributed by atoms with Crippen molar-refractivity contribution in [3.05, 3.63) is 53.9 Å². The van der Waals surface area contributed by atoms with Gasteiger partial charge >= 0.3 is 5.97 Å². The van der Waals surface area contributed by atoms with E-state index in [4.69, 9.17) is 0 Å². The van der Waals surface area contributed by atoms with Gasteiger partial charge in [-0.05, 0) is 18.4 Å². The van der Waals surface area contributed by atoms with Crippen molar-refractivity contribution in [2.24, 2.45) is 18.9 Å². The molecule has 0 aliphatic carbocycles. The van der Waals surface area contributed by atoms with Crippen molar-refractivity contribution in [1.82, 2.24) is 20.0 Å². The van der Waals surface area contributed by atoms with Gasteiger partial charge in [-0.15, -0.1) is 0 Å². The van der Waals surface area contributed by atoms with Crippen LogP contribution >= 0.6 is 0 Å². The van der Waals surface area contributed by atoms with Crippen LogP contribution in [0.25, 0.3) is 0 Å². The first-order valence-corrected chi connectivity index (χ1v) is 9.65. The van der Waals surface area contributed by atoms with Crippen molar-refractivity contribution in [3.63, 3.8) is 0 Å². The smallest absolute Gasteiger partial charge is 0.308 e. The third-order valence-electron chi connectivity index (χ3n) is 5.46. The first kappa shape index (κ1) is 20.6. The summed E-state index contributed by atoms with van der Waals surface area (Å²) in [7, 11) is 3.47. The highest BCUT2D eigenvalue weighted by atomic mass is 16.4. The van der Waals surface area contributed by atoms with Crippen LogP contribution in [0.5, 0.6) is 0 Å². The lowest BCUT2D eigenvalue weighted by molar-refractivity contribution is -0.142. The lowest BCUT2D eigenvalue weighted by atomic mass is 9.85. The van der Waals surface area contributed by atoms with E-state index in [0.717, 1.165) is 11.1 Å². The zero-order valence-electron chi connectivity index (χ0n) is 16.6. The molecule has 154 valence electrons. The van der Waals surface area contributed by atoms with Crippen molar-refractivity contribution < 1.29 is 19.5 Å². The molecule has 2 N–H and O–H groups in total. The van der Waals surface area contributed by atoms with Gasteiger partial charge in [-0.1, -0.05) is 30.3 Å². The minimum Gasteiger partial charge on any atom is -0.481 e. The molecule has 0 spiro atoms. The van der Waals surface area contributed by atoms with Crippen LogP contribution in [0.15, 0.2) is 42.7 Å². The molecule has 1 aromatic heterocycles. The number of carbonyl (C=O) groups is 3. The third-order valence-corrected chi connectivity index (χ3v) is 5.46. The van der Waals surface area contributed by atoms with Gasteiger partial charge in [0, 0.05) is 38.8 Å². The topological polar surface area (TPSA) is 105 Å². The highest BCUT2D eigenvalue weighted by molar-refractivity contribution is 5.85. The van der Waals surface area contributed by atoms with E-state index >= 15 is 0 Å². The number of likely N-dealkylation sites (tertiary alicyclic amines) is 1. The summed E-state index contributed by atoms with van der Waals surface area (Å²) in [5.74, 6) is -2.38. The molecular weight excluding hydrogens is 372 g/mol. The Morgan fingerprint density at radius 3 is 2.62 bits per heavy atom. The summed E-state index contributed by atoms with van der Waals surface area (Å²) in [5.41, 5.74) is 1.70. The number of rotatable bonds is 7. The fourth-order valence-electron chi connectivity index (χ4n) is 3.86. The Bertz CT molecular complexity index is 880. The number of aliphatic carboxylic acids is 1. The molecule has 0 radical (unpaired) electrons. The molecule has 1 saturated heterocycles. The molecule has 2 aromatic rings. The standard InChI is InChI=1S/C21H26N4O4/c1-24-13-16(12-23-24)19-17(8-9-18(26)25(19)2)20(27)22-11-15(21(28)29)10-14-6-4-3-5-7-14/h3-7,12-13,15,17,19H,8-11H2,1-2H3,(H,22,27)(H,28,29)/t15-,17+,19-/m1/s1. The number of nitrogens with one attached hydrogen (secondary N) is 1. The van der Waals surface area contributed by atoms with Crippen LogP contribution in [0.3, 0.4) is 0 Å². The molecule has 2 amide bonds. The Morgan fingerprint density at radius 1 is 1.28 bits per heavy atom. The van der Waals surface area contributed by atoms with Crippen LogP contribution in [-0.4, -0.2) is 51.2 Å². The average Bonchev–Trinajstić information content (AvgIpc) is 3.13. The number of benzene rings is 1. The predicted octanol–water partition coefficient (Wildman–Crippen LogP) is 1.39. The maximum atomic E-state index is 13.0. The molecular formula is C21H26N4O4. The zero-order valence-corrected chi connectivity index (χ0v) is 16.6. The van der Waals surface area contributed by atoms with E-state index in [-0.39, 0.29) is 24.8 Å². The number of nitrogens with zero attached hydrogens (tertiary/aromatic N) is 3. The van der Waals surface area contributed by atoms with Gasteiger partial charge in [-0.25, -0.2) is 0 Å². The molecule has 0 saturated carbocycles. The summed E-state index contributed by atoms with van der Waals surface area (Å²) in [4.78, 5) is 38.4. The monoisotopic (exact) mass is 398 g/mol. The van der Waals surface area contributed by atoms with Crippen LogP contribution in [0, 0.1) is 11.8 Å². The zero-order chi connectivity index (χ0) is 21.0. The van der Waals surface area contributed by atoms with Gasteiger partial charge in [-0.2, -0.15) is 5.10 Å². The number of aromatic nitrogens is 2. The third kappa shape index (κ3) is 4.82. The number of amides is 2. The first-order valence-electron chi connectivity index (χ1n) is 9.65. The van der Waals surface area contributed by atoms with E-state index in [9.17, 15) is 19.5 Å². The number of hydrogen-bond acceptors (Lipinski definition) is 4. The minimum atomic E-state index is -0.950. The summed E-state index contributed by atoms with van der Waals surface area (Å²) in [5, 5.41) is 16.5. The Kier molecular flexibility index (Phi) is 6.31. The van der Waals surface area contributed by atoms with Crippen molar-refractivity contribution in [2.75, 3.05) is 13.6 Å². The fourth-order valence-corrected chi connectivity index (χ4v) is 3.86. The van der Waals surface area contributed by atoms with Crippen LogP contribution < -0.4 is 5.32 Å². The highest BCUT2D eigenvalue weighted by Crippen LogP contribution is 2.35. The van der Waals surface area contributed by atoms with E-state index in [2.05, 4.69) is 10.4 Å². The van der Waals surface area contributed by atoms with Crippen molar-refractivity contribution >= 4 is 17.8 Å². The molecule has 1 fully saturated rings. The van der Waals surface area contributed by atoms with Gasteiger partial charge < -0.3 is 15.3 Å². The highest BCUT2D eigenvalue weighted by Gasteiger charge is 2.39. The Morgan fingerprint density at radius 2 is 2.00 bits per heavy atom. The molecule has 3 atom stereocenters. The van der Waals surface area contributed by atoms with Crippen molar-refractivity contribution in [2.45, 2.75) is 25.3 Å². The largest absolute Gasteiger partial charge is 0.481 e. The summed E-state index contributed by atoms with van der Waals surface area (Å²) >= 11 is 0. The van der Waals surface area contributed by atoms with E-state index in [1.54, 1.807) is 36.1 Å². The number of piperidine rings is 1. The summed E-state index contributed by atoms with van der Waals surface area (Å²) in [6.45, 7) is 0.0387. The summed E-state index contributed by atoms with van der Waals surface area (Å²) in [6.07, 6.45) is 4.51. The summed E-state index contributed by atoms with van der Waals surface area (Å²) in [6, 6.07) is 8.93. The maximum Gasteiger partial charge on any atom is 0.308 e. The Balaban J connectivity index is 1.70. The van der Waals surface area contributed by atoms with E-state index in [1.165, 1.54) is 0 Å². The second-order valence-electron chi connectivity index (χ2n) is 7.51. The SMILES string of the molecule is CN1C(=O)CC[C@H](C(=O)NC[C@@H](Cc2ccccc2)C(=O)O)[C@H]1c1cnn(C)c1. The van der Waals surface area contributed by atoms with E-state index in [1.807, 2.05) is 30.3 Å². The molecule has 2 heterocycles. The van der Waals surface area contributed by atoms with Crippen LogP contribution in [0.4, 0.5) is 0 Å². The van der Waals surface area contributed by atoms with Crippen LogP contribution in [0.2, 0.25) is 0 Å². The molecule has 8 heteroatoms. The molecule has 29 heavy (non-hydrogen) atoms. The van der Waals surface area contributed by atoms with E-state index in [0.29, 0.717) is 12.8 Å². The first-order chi connectivity index (χ1) is 13.9. The molecule has 1 aliphatic heterocycles. The second-order valence-corrected chi connectivity index (χ2v) is 7.51. The van der Waals surface area contributed by atoms with Gasteiger partial charge in [-0.3, -0.25) is 19.1 Å². The van der Waals surface area contributed by atoms with Crippen molar-refractivity contribution in [1.29, 1.82) is 0 Å². The lowest BCUT2D eigenvalue weighted by Crippen LogP contribution is -2.47. The number of aryl methyl sites for hydroxylation is 1. The Labute approximate surface area is 169 Å². The number of carbonyl (C=O) groups excluding carboxylic acids is 2. The van der Waals surface area contributed by atoms with Crippen molar-refractivity contribution in [3.8, 4) is 0 Å². The van der Waals surface area contributed by atoms with Crippen LogP contribution in [0.1, 0.15) is 30.0 Å². The van der Waals surface area contributed by atoms with Gasteiger partial charge in [0.2, 0.25) is 11.8 Å². The lowest BCUT2D eigenvalue weighted by Gasteiger charge is -2.37. The normalized spacial score (nSPS) is 20.3. The minimum absolute atomic E-state index is 0.0182. The quantitative estimate of drug-likeness (QED) is 0.733. The summed E-state index contributed by atoms with van der Waals surface area (Å²) < 4.78 is 1.64. The predicted molar refractivity (Wildman–Crippen MR) is 106 cm³/mol. The van der Waals surface area contributed by atoms with Gasteiger partial charge in [0.05, 0.1) is 24.1 Å². The maximum absolute atomic E-state index is 13.0. The molecule has 8 nitrogen and oxygen atoms in total. The number of carboxylic acid groups (broad SMARTS) is 1. The van der Waals surface area contributed by atoms with Crippen LogP contribution in [-0.2, 0) is 27.9 Å². The molecule has 0 bridgehead atoms. The number of carboxylic acids is 1. The van der Waals surface area contributed by atoms with Gasteiger partial charge in [0.25, 0.3) is 0 Å². The van der Waals surface area contributed by atoms with E-state index < -0.39 is 23.8 Å². The molecule has 3 rings (SSSR count). The molecule has 0 unspecified atom stereocenters. The van der Waals surface area contributed by atoms with Gasteiger partial charge in [0.1, 0.15) is 0 Å². The molecule has 1 aliphatic rings. The Hall–Kier alpha value is -3.16. The number of hydrogen-bond donors (Lipinski definition) is 2.